The Bertz CT molecular complexity index is 1470. The number of hydrogen-bond donors (Lipinski definition) is 0. The number of thiazole rings is 1. The number of fused-ring (bicyclic) bond motifs is 1. The largest absolute Gasteiger partial charge is 0.497 e. The highest BCUT2D eigenvalue weighted by Crippen LogP contribution is 2.32. The van der Waals surface area contributed by atoms with E-state index in [0.29, 0.717) is 36.4 Å². The van der Waals surface area contributed by atoms with Crippen LogP contribution in [0.4, 0.5) is 0 Å². The van der Waals surface area contributed by atoms with Crippen LogP contribution in [0.1, 0.15) is 37.9 Å². The first-order valence-corrected chi connectivity index (χ1v) is 12.1. The van der Waals surface area contributed by atoms with Crippen LogP contribution >= 0.6 is 34.5 Å². The van der Waals surface area contributed by atoms with Gasteiger partial charge in [-0.3, -0.25) is 9.36 Å². The lowest BCUT2D eigenvalue weighted by atomic mass is 9.96. The van der Waals surface area contributed by atoms with Crippen LogP contribution in [0.2, 0.25) is 10.0 Å². The normalized spacial score (nSPS) is 15.9. The molecule has 2 aromatic carbocycles. The highest BCUT2D eigenvalue weighted by atomic mass is 35.5. The third kappa shape index (κ3) is 4.69. The number of esters is 1. The minimum absolute atomic E-state index is 0.266. The van der Waals surface area contributed by atoms with Gasteiger partial charge in [-0.15, -0.1) is 0 Å². The van der Waals surface area contributed by atoms with Crippen molar-refractivity contribution < 1.29 is 14.3 Å². The van der Waals surface area contributed by atoms with E-state index < -0.39 is 12.0 Å². The number of hydrogen-bond acceptors (Lipinski definition) is 6. The second-order valence-electron chi connectivity index (χ2n) is 7.98. The van der Waals surface area contributed by atoms with Crippen LogP contribution < -0.4 is 19.6 Å². The van der Waals surface area contributed by atoms with Gasteiger partial charge in [0.1, 0.15) is 5.75 Å². The summed E-state index contributed by atoms with van der Waals surface area (Å²) in [5.41, 5.74) is 2.04. The molecule has 0 fully saturated rings. The maximum Gasteiger partial charge on any atom is 0.338 e. The molecule has 4 rings (SSSR count). The Hall–Kier alpha value is -2.87. The molecule has 3 aromatic rings. The molecule has 1 atom stereocenters. The maximum absolute atomic E-state index is 13.6. The fraction of sp³-hybridized carbons (Fsp3) is 0.240. The van der Waals surface area contributed by atoms with E-state index in [4.69, 9.17) is 32.7 Å². The molecular formula is C25H22Cl2N2O4S. The van der Waals surface area contributed by atoms with Gasteiger partial charge in [0.15, 0.2) is 4.80 Å². The molecule has 0 amide bonds. The lowest BCUT2D eigenvalue weighted by Gasteiger charge is -2.25. The van der Waals surface area contributed by atoms with Gasteiger partial charge in [0, 0.05) is 0 Å². The molecule has 1 aliphatic heterocycles. The molecule has 0 saturated carbocycles. The Morgan fingerprint density at radius 1 is 1.15 bits per heavy atom. The van der Waals surface area contributed by atoms with Gasteiger partial charge >= 0.3 is 5.97 Å². The lowest BCUT2D eigenvalue weighted by Crippen LogP contribution is -2.40. The molecule has 1 unspecified atom stereocenters. The first-order chi connectivity index (χ1) is 16.2. The third-order valence-corrected chi connectivity index (χ3v) is 6.98. The molecule has 1 aromatic heterocycles. The van der Waals surface area contributed by atoms with Crippen molar-refractivity contribution in [3.63, 3.8) is 0 Å². The monoisotopic (exact) mass is 516 g/mol. The second-order valence-corrected chi connectivity index (χ2v) is 9.81. The molecule has 9 heteroatoms. The second kappa shape index (κ2) is 9.78. The van der Waals surface area contributed by atoms with Crippen LogP contribution in [-0.4, -0.2) is 23.8 Å². The van der Waals surface area contributed by atoms with E-state index in [1.807, 2.05) is 12.1 Å². The summed E-state index contributed by atoms with van der Waals surface area (Å²) in [5, 5.41) is 0.831. The highest BCUT2D eigenvalue weighted by Gasteiger charge is 2.33. The van der Waals surface area contributed by atoms with E-state index in [0.717, 1.165) is 11.1 Å². The van der Waals surface area contributed by atoms with Gasteiger partial charge in [-0.25, -0.2) is 9.79 Å². The van der Waals surface area contributed by atoms with Crippen molar-refractivity contribution in [2.24, 2.45) is 4.99 Å². The minimum atomic E-state index is -0.690. The van der Waals surface area contributed by atoms with Crippen molar-refractivity contribution in [2.45, 2.75) is 32.9 Å². The predicted octanol–water partition coefficient (Wildman–Crippen LogP) is 4.50. The Kier molecular flexibility index (Phi) is 6.98. The average Bonchev–Trinajstić information content (AvgIpc) is 3.09. The predicted molar refractivity (Wildman–Crippen MR) is 134 cm³/mol. The van der Waals surface area contributed by atoms with Gasteiger partial charge in [0.25, 0.3) is 5.56 Å². The standard InChI is InChI=1S/C25H22Cl2N2O4S/c1-13(2)33-24(31)21-14(3)28-25-29(22(21)16-6-8-17(32-4)9-7-16)23(30)20(34-25)12-15-5-10-18(26)19(27)11-15/h5-13,22H,1-4H3/b20-12-. The van der Waals surface area contributed by atoms with Crippen LogP contribution in [0.25, 0.3) is 6.08 Å². The van der Waals surface area contributed by atoms with E-state index in [9.17, 15) is 9.59 Å². The van der Waals surface area contributed by atoms with Crippen LogP contribution in [0, 0.1) is 0 Å². The van der Waals surface area contributed by atoms with Gasteiger partial charge in [0.2, 0.25) is 0 Å². The minimum Gasteiger partial charge on any atom is -0.497 e. The SMILES string of the molecule is COc1ccc(C2C(C(=O)OC(C)C)=C(C)N=c3s/c(=C\c4ccc(Cl)c(Cl)c4)c(=O)n32)cc1. The van der Waals surface area contributed by atoms with E-state index >= 15 is 0 Å². The van der Waals surface area contributed by atoms with Crippen LogP contribution in [0.5, 0.6) is 5.75 Å². The maximum atomic E-state index is 13.6. The zero-order valence-electron chi connectivity index (χ0n) is 19.0. The topological polar surface area (TPSA) is 69.9 Å². The number of allylic oxidation sites excluding steroid dienone is 1. The van der Waals surface area contributed by atoms with Crippen molar-refractivity contribution in [3.8, 4) is 5.75 Å². The van der Waals surface area contributed by atoms with Crippen LogP contribution in [0.15, 0.2) is 63.5 Å². The number of methoxy groups -OCH3 is 1. The van der Waals surface area contributed by atoms with Crippen molar-refractivity contribution in [1.82, 2.24) is 4.57 Å². The number of rotatable bonds is 5. The van der Waals surface area contributed by atoms with Gasteiger partial charge < -0.3 is 9.47 Å². The van der Waals surface area contributed by atoms with E-state index in [1.54, 1.807) is 68.9 Å². The van der Waals surface area contributed by atoms with Gasteiger partial charge in [-0.2, -0.15) is 0 Å². The molecule has 0 aliphatic carbocycles. The number of benzene rings is 2. The van der Waals surface area contributed by atoms with Gasteiger partial charge in [0.05, 0.1) is 45.1 Å². The molecule has 0 N–H and O–H groups in total. The fourth-order valence-corrected chi connectivity index (χ4v) is 5.07. The van der Waals surface area contributed by atoms with Crippen molar-refractivity contribution in [1.29, 1.82) is 0 Å². The lowest BCUT2D eigenvalue weighted by molar-refractivity contribution is -0.143. The molecule has 34 heavy (non-hydrogen) atoms. The van der Waals surface area contributed by atoms with E-state index in [-0.39, 0.29) is 11.7 Å². The smallest absolute Gasteiger partial charge is 0.338 e. The van der Waals surface area contributed by atoms with Gasteiger partial charge in [-0.1, -0.05) is 52.7 Å². The summed E-state index contributed by atoms with van der Waals surface area (Å²) in [6.45, 7) is 5.31. The van der Waals surface area contributed by atoms with Gasteiger partial charge in [-0.05, 0) is 62.2 Å². The quantitative estimate of drug-likeness (QED) is 0.468. The van der Waals surface area contributed by atoms with Crippen molar-refractivity contribution in [3.05, 3.63) is 94.6 Å². The summed E-state index contributed by atoms with van der Waals surface area (Å²) in [7, 11) is 1.58. The number of aromatic nitrogens is 1. The van der Waals surface area contributed by atoms with E-state index in [2.05, 4.69) is 4.99 Å². The summed E-state index contributed by atoms with van der Waals surface area (Å²) >= 11 is 13.4. The molecule has 1 aliphatic rings. The average molecular weight is 517 g/mol. The zero-order chi connectivity index (χ0) is 24.6. The molecule has 0 saturated heterocycles. The number of halogens is 2. The Morgan fingerprint density at radius 2 is 1.85 bits per heavy atom. The number of carbonyl (C=O) groups excluding carboxylic acids is 1. The van der Waals surface area contributed by atoms with Crippen molar-refractivity contribution >= 4 is 46.6 Å². The first kappa shape index (κ1) is 24.3. The summed E-state index contributed by atoms with van der Waals surface area (Å²) in [6.07, 6.45) is 1.42. The fourth-order valence-electron chi connectivity index (χ4n) is 3.72. The van der Waals surface area contributed by atoms with Crippen LogP contribution in [-0.2, 0) is 9.53 Å². The zero-order valence-corrected chi connectivity index (χ0v) is 21.3. The number of carbonyl (C=O) groups is 1. The number of nitrogens with zero attached hydrogens (tertiary/aromatic N) is 2. The molecule has 2 heterocycles. The van der Waals surface area contributed by atoms with E-state index in [1.165, 1.54) is 11.3 Å². The first-order valence-electron chi connectivity index (χ1n) is 10.5. The van der Waals surface area contributed by atoms with Crippen LogP contribution in [0.3, 0.4) is 0 Å². The Morgan fingerprint density at radius 3 is 2.47 bits per heavy atom. The Labute approximate surface area is 210 Å². The third-order valence-electron chi connectivity index (χ3n) is 5.26. The molecule has 0 spiro atoms. The summed E-state index contributed by atoms with van der Waals surface area (Å²) < 4.78 is 12.8. The number of ether oxygens (including phenoxy) is 2. The summed E-state index contributed by atoms with van der Waals surface area (Å²) in [4.78, 5) is 31.8. The highest BCUT2D eigenvalue weighted by molar-refractivity contribution is 7.07. The summed E-state index contributed by atoms with van der Waals surface area (Å²) in [5.74, 6) is 0.165. The summed E-state index contributed by atoms with van der Waals surface area (Å²) in [6, 6.07) is 11.7. The molecule has 6 nitrogen and oxygen atoms in total. The molecule has 0 bridgehead atoms. The molecule has 0 radical (unpaired) electrons. The molecular weight excluding hydrogens is 495 g/mol. The Balaban J connectivity index is 1.93. The molecule has 176 valence electrons. The van der Waals surface area contributed by atoms with Crippen molar-refractivity contribution in [2.75, 3.05) is 7.11 Å².